The fourth-order valence-electron chi connectivity index (χ4n) is 2.54. The van der Waals surface area contributed by atoms with Crippen molar-refractivity contribution in [2.75, 3.05) is 43.9 Å². The van der Waals surface area contributed by atoms with E-state index in [0.717, 1.165) is 48.4 Å². The van der Waals surface area contributed by atoms with Crippen molar-refractivity contribution in [1.82, 2.24) is 9.80 Å². The summed E-state index contributed by atoms with van der Waals surface area (Å²) < 4.78 is 0. The summed E-state index contributed by atoms with van der Waals surface area (Å²) >= 11 is 5.51. The van der Waals surface area contributed by atoms with Crippen LogP contribution in [-0.2, 0) is 0 Å². The second-order valence-electron chi connectivity index (χ2n) is 5.79. The van der Waals surface area contributed by atoms with Crippen LogP contribution >= 0.6 is 12.2 Å². The molecule has 23 heavy (non-hydrogen) atoms. The molecule has 1 fully saturated rings. The maximum absolute atomic E-state index is 5.51. The highest BCUT2D eigenvalue weighted by atomic mass is 32.1. The van der Waals surface area contributed by atoms with Gasteiger partial charge in [-0.1, -0.05) is 18.2 Å². The number of anilines is 3. The maximum atomic E-state index is 5.51. The minimum absolute atomic E-state index is 0.807. The summed E-state index contributed by atoms with van der Waals surface area (Å²) in [7, 11) is 2.15. The van der Waals surface area contributed by atoms with E-state index in [9.17, 15) is 0 Å². The van der Waals surface area contributed by atoms with E-state index in [1.54, 1.807) is 0 Å². The number of benzene rings is 2. The Labute approximate surface area is 143 Å². The normalized spacial score (nSPS) is 15.3. The first-order chi connectivity index (χ1) is 11.2. The van der Waals surface area contributed by atoms with Gasteiger partial charge in [-0.25, -0.2) is 0 Å². The predicted molar refractivity (Wildman–Crippen MR) is 101 cm³/mol. The lowest BCUT2D eigenvalue weighted by Crippen LogP contribution is -2.48. The van der Waals surface area contributed by atoms with E-state index in [1.807, 2.05) is 30.3 Å². The first-order valence-corrected chi connectivity index (χ1v) is 8.28. The summed E-state index contributed by atoms with van der Waals surface area (Å²) in [4.78, 5) is 4.55. The van der Waals surface area contributed by atoms with Crippen LogP contribution in [0.15, 0.2) is 54.6 Å². The first kappa shape index (κ1) is 15.8. The number of hydrogen-bond acceptors (Lipinski definition) is 3. The van der Waals surface area contributed by atoms with Crippen LogP contribution in [0.4, 0.5) is 17.1 Å². The second-order valence-corrected chi connectivity index (χ2v) is 6.18. The van der Waals surface area contributed by atoms with Crippen LogP contribution in [0.5, 0.6) is 0 Å². The molecule has 0 aliphatic carbocycles. The Balaban J connectivity index is 1.56. The van der Waals surface area contributed by atoms with Crippen molar-refractivity contribution in [1.29, 1.82) is 0 Å². The quantitative estimate of drug-likeness (QED) is 0.845. The van der Waals surface area contributed by atoms with Crippen molar-refractivity contribution in [2.24, 2.45) is 0 Å². The lowest BCUT2D eigenvalue weighted by Gasteiger charge is -2.34. The van der Waals surface area contributed by atoms with Gasteiger partial charge in [0.15, 0.2) is 5.11 Å². The van der Waals surface area contributed by atoms with Gasteiger partial charge < -0.3 is 20.4 Å². The van der Waals surface area contributed by atoms with E-state index in [-0.39, 0.29) is 0 Å². The Morgan fingerprint density at radius 3 is 2.04 bits per heavy atom. The fourth-order valence-corrected chi connectivity index (χ4v) is 2.84. The molecule has 0 aromatic heterocycles. The van der Waals surface area contributed by atoms with Gasteiger partial charge in [-0.15, -0.1) is 0 Å². The van der Waals surface area contributed by atoms with Crippen LogP contribution in [0.2, 0.25) is 0 Å². The van der Waals surface area contributed by atoms with Crippen molar-refractivity contribution in [2.45, 2.75) is 0 Å². The number of thiocarbonyl (C=S) groups is 1. The van der Waals surface area contributed by atoms with Crippen LogP contribution in [-0.4, -0.2) is 48.1 Å². The topological polar surface area (TPSA) is 30.5 Å². The van der Waals surface area contributed by atoms with Crippen molar-refractivity contribution >= 4 is 34.4 Å². The molecule has 0 atom stereocenters. The molecular weight excluding hydrogens is 304 g/mol. The number of likely N-dealkylation sites (N-methyl/N-ethyl adjacent to an activating group) is 1. The lowest BCUT2D eigenvalue weighted by molar-refractivity contribution is 0.217. The van der Waals surface area contributed by atoms with Gasteiger partial charge in [-0.3, -0.25) is 0 Å². The van der Waals surface area contributed by atoms with Crippen molar-refractivity contribution < 1.29 is 0 Å². The van der Waals surface area contributed by atoms with Gasteiger partial charge in [0.2, 0.25) is 0 Å². The van der Waals surface area contributed by atoms with E-state index in [0.29, 0.717) is 0 Å². The summed E-state index contributed by atoms with van der Waals surface area (Å²) in [6, 6.07) is 18.4. The number of nitrogens with one attached hydrogen (secondary N) is 2. The van der Waals surface area contributed by atoms with Crippen molar-refractivity contribution in [3.63, 3.8) is 0 Å². The summed E-state index contributed by atoms with van der Waals surface area (Å²) in [5.74, 6) is 0. The summed E-state index contributed by atoms with van der Waals surface area (Å²) in [6.07, 6.45) is 0. The van der Waals surface area contributed by atoms with Crippen LogP contribution < -0.4 is 10.6 Å². The molecule has 1 saturated heterocycles. The zero-order valence-corrected chi connectivity index (χ0v) is 14.1. The predicted octanol–water partition coefficient (Wildman–Crippen LogP) is 3.37. The molecule has 2 aromatic carbocycles. The molecule has 5 heteroatoms. The summed E-state index contributed by atoms with van der Waals surface area (Å²) in [5.41, 5.74) is 3.17. The monoisotopic (exact) mass is 326 g/mol. The third-order valence-corrected chi connectivity index (χ3v) is 4.35. The smallest absolute Gasteiger partial charge is 0.173 e. The average molecular weight is 326 g/mol. The standard InChI is InChI=1S/C18H22N4S/c1-21-11-13-22(14-12-21)18(23)20-17-9-7-16(8-10-17)19-15-5-3-2-4-6-15/h2-10,19H,11-14H2,1H3,(H,20,23). The van der Waals surface area contributed by atoms with Gasteiger partial charge in [-0.05, 0) is 55.7 Å². The SMILES string of the molecule is CN1CCN(C(=S)Nc2ccc(Nc3ccccc3)cc2)CC1. The lowest BCUT2D eigenvalue weighted by atomic mass is 10.2. The van der Waals surface area contributed by atoms with Gasteiger partial charge in [0.25, 0.3) is 0 Å². The van der Waals surface area contributed by atoms with E-state index in [1.165, 1.54) is 0 Å². The molecule has 0 saturated carbocycles. The molecular formula is C18H22N4S. The van der Waals surface area contributed by atoms with Gasteiger partial charge in [0.05, 0.1) is 0 Å². The van der Waals surface area contributed by atoms with Crippen LogP contribution in [0, 0.1) is 0 Å². The van der Waals surface area contributed by atoms with Gasteiger partial charge in [0, 0.05) is 43.2 Å². The molecule has 1 aliphatic rings. The maximum Gasteiger partial charge on any atom is 0.173 e. The summed E-state index contributed by atoms with van der Waals surface area (Å²) in [6.45, 7) is 4.08. The summed E-state index contributed by atoms with van der Waals surface area (Å²) in [5, 5.41) is 7.51. The van der Waals surface area contributed by atoms with Crippen LogP contribution in [0.25, 0.3) is 0 Å². The molecule has 0 bridgehead atoms. The Hall–Kier alpha value is -2.11. The van der Waals surface area contributed by atoms with E-state index >= 15 is 0 Å². The fraction of sp³-hybridized carbons (Fsp3) is 0.278. The minimum Gasteiger partial charge on any atom is -0.356 e. The molecule has 4 nitrogen and oxygen atoms in total. The van der Waals surface area contributed by atoms with Crippen LogP contribution in [0.3, 0.4) is 0 Å². The van der Waals surface area contributed by atoms with E-state index < -0.39 is 0 Å². The largest absolute Gasteiger partial charge is 0.356 e. The Morgan fingerprint density at radius 1 is 0.826 bits per heavy atom. The van der Waals surface area contributed by atoms with Gasteiger partial charge in [-0.2, -0.15) is 0 Å². The van der Waals surface area contributed by atoms with Crippen molar-refractivity contribution in [3.8, 4) is 0 Å². The van der Waals surface area contributed by atoms with Gasteiger partial charge in [0.1, 0.15) is 0 Å². The molecule has 120 valence electrons. The molecule has 1 aliphatic heterocycles. The number of rotatable bonds is 3. The molecule has 2 N–H and O–H groups in total. The second kappa shape index (κ2) is 7.44. The molecule has 0 radical (unpaired) electrons. The highest BCUT2D eigenvalue weighted by Gasteiger charge is 2.16. The molecule has 0 amide bonds. The molecule has 1 heterocycles. The zero-order valence-electron chi connectivity index (χ0n) is 13.3. The highest BCUT2D eigenvalue weighted by Crippen LogP contribution is 2.19. The minimum atomic E-state index is 0.807. The highest BCUT2D eigenvalue weighted by molar-refractivity contribution is 7.80. The van der Waals surface area contributed by atoms with Gasteiger partial charge >= 0.3 is 0 Å². The molecule has 0 unspecified atom stereocenters. The number of hydrogen-bond donors (Lipinski definition) is 2. The molecule has 3 rings (SSSR count). The van der Waals surface area contributed by atoms with E-state index in [2.05, 4.69) is 51.7 Å². The first-order valence-electron chi connectivity index (χ1n) is 7.87. The molecule has 0 spiro atoms. The molecule has 2 aromatic rings. The Morgan fingerprint density at radius 2 is 1.39 bits per heavy atom. The average Bonchev–Trinajstić information content (AvgIpc) is 2.58. The zero-order chi connectivity index (χ0) is 16.1. The van der Waals surface area contributed by atoms with E-state index in [4.69, 9.17) is 12.2 Å². The van der Waals surface area contributed by atoms with Crippen molar-refractivity contribution in [3.05, 3.63) is 54.6 Å². The Kier molecular flexibility index (Phi) is 5.10. The Bertz CT molecular complexity index is 634. The third-order valence-electron chi connectivity index (χ3n) is 3.99. The number of nitrogens with zero attached hydrogens (tertiary/aromatic N) is 2. The third kappa shape index (κ3) is 4.43. The number of piperazine rings is 1. The van der Waals surface area contributed by atoms with Crippen LogP contribution in [0.1, 0.15) is 0 Å². The number of para-hydroxylation sites is 1.